The fraction of sp³-hybridized carbons (Fsp3) is 0.300. The molecular formula is C10H12N2O4. The van der Waals surface area contributed by atoms with Crippen LogP contribution in [0.25, 0.3) is 0 Å². The van der Waals surface area contributed by atoms with Crippen molar-refractivity contribution < 1.29 is 14.8 Å². The summed E-state index contributed by atoms with van der Waals surface area (Å²) in [6.07, 6.45) is 0.804. The van der Waals surface area contributed by atoms with Crippen molar-refractivity contribution in [2.24, 2.45) is 5.73 Å². The summed E-state index contributed by atoms with van der Waals surface area (Å²) in [6, 6.07) is 5.10. The lowest BCUT2D eigenvalue weighted by Gasteiger charge is -2.05. The van der Waals surface area contributed by atoms with Crippen molar-refractivity contribution in [2.75, 3.05) is 0 Å². The Morgan fingerprint density at radius 3 is 2.44 bits per heavy atom. The number of non-ortho nitro benzene ring substituents is 1. The van der Waals surface area contributed by atoms with Crippen LogP contribution in [0.4, 0.5) is 5.69 Å². The van der Waals surface area contributed by atoms with E-state index >= 15 is 0 Å². The van der Waals surface area contributed by atoms with Crippen LogP contribution in [0.5, 0.6) is 0 Å². The van der Waals surface area contributed by atoms with Crippen molar-refractivity contribution in [1.29, 1.82) is 0 Å². The number of rotatable bonds is 5. The zero-order valence-electron chi connectivity index (χ0n) is 8.50. The van der Waals surface area contributed by atoms with Crippen LogP contribution in [-0.2, 0) is 11.2 Å². The van der Waals surface area contributed by atoms with Gasteiger partial charge in [-0.3, -0.25) is 14.9 Å². The van der Waals surface area contributed by atoms with Gasteiger partial charge in [0.2, 0.25) is 0 Å². The van der Waals surface area contributed by atoms with E-state index < -0.39 is 16.9 Å². The first-order valence-electron chi connectivity index (χ1n) is 4.72. The standard InChI is InChI=1S/C10H12N2O4/c11-9(10(13)14)6-3-7-1-4-8(5-2-7)12(15)16/h1-2,4-5,9H,3,6,11H2,(H,13,14)/t9-/m1/s1. The fourth-order valence-electron chi connectivity index (χ4n) is 1.23. The predicted molar refractivity (Wildman–Crippen MR) is 57.0 cm³/mol. The van der Waals surface area contributed by atoms with Crippen LogP contribution in [0.1, 0.15) is 12.0 Å². The van der Waals surface area contributed by atoms with Gasteiger partial charge in [-0.2, -0.15) is 0 Å². The number of aryl methyl sites for hydroxylation is 1. The van der Waals surface area contributed by atoms with Crippen LogP contribution in [0.3, 0.4) is 0 Å². The first kappa shape index (κ1) is 12.1. The summed E-state index contributed by atoms with van der Waals surface area (Å²) in [6.45, 7) is 0. The molecule has 0 amide bonds. The average molecular weight is 224 g/mol. The topological polar surface area (TPSA) is 106 Å². The van der Waals surface area contributed by atoms with Gasteiger partial charge in [-0.05, 0) is 18.4 Å². The van der Waals surface area contributed by atoms with Gasteiger partial charge >= 0.3 is 5.97 Å². The molecule has 0 heterocycles. The van der Waals surface area contributed by atoms with Crippen molar-refractivity contribution in [3.8, 4) is 0 Å². The molecule has 0 aromatic heterocycles. The molecule has 6 heteroatoms. The highest BCUT2D eigenvalue weighted by Gasteiger charge is 2.11. The second-order valence-electron chi connectivity index (χ2n) is 3.41. The Hall–Kier alpha value is -1.95. The second kappa shape index (κ2) is 5.22. The maximum Gasteiger partial charge on any atom is 0.320 e. The van der Waals surface area contributed by atoms with Crippen molar-refractivity contribution in [3.63, 3.8) is 0 Å². The number of nitrogens with zero attached hydrogens (tertiary/aromatic N) is 1. The maximum absolute atomic E-state index is 10.4. The van der Waals surface area contributed by atoms with Crippen molar-refractivity contribution in [3.05, 3.63) is 39.9 Å². The van der Waals surface area contributed by atoms with E-state index in [1.54, 1.807) is 12.1 Å². The molecule has 1 aromatic carbocycles. The van der Waals surface area contributed by atoms with Gasteiger partial charge in [-0.1, -0.05) is 12.1 Å². The van der Waals surface area contributed by atoms with E-state index in [1.165, 1.54) is 12.1 Å². The van der Waals surface area contributed by atoms with Gasteiger partial charge in [-0.25, -0.2) is 0 Å². The zero-order chi connectivity index (χ0) is 12.1. The van der Waals surface area contributed by atoms with Gasteiger partial charge in [0.25, 0.3) is 5.69 Å². The van der Waals surface area contributed by atoms with Crippen molar-refractivity contribution in [1.82, 2.24) is 0 Å². The van der Waals surface area contributed by atoms with Crippen LogP contribution in [-0.4, -0.2) is 22.0 Å². The molecule has 0 aliphatic heterocycles. The SMILES string of the molecule is N[C@H](CCc1ccc([N+](=O)[O-])cc1)C(=O)O. The molecule has 6 nitrogen and oxygen atoms in total. The molecule has 0 bridgehead atoms. The number of carboxylic acids is 1. The smallest absolute Gasteiger partial charge is 0.320 e. The lowest BCUT2D eigenvalue weighted by molar-refractivity contribution is -0.384. The number of aliphatic carboxylic acids is 1. The third-order valence-corrected chi connectivity index (χ3v) is 2.21. The van der Waals surface area contributed by atoms with Gasteiger partial charge in [0.15, 0.2) is 0 Å². The third kappa shape index (κ3) is 3.32. The lowest BCUT2D eigenvalue weighted by Crippen LogP contribution is -2.30. The summed E-state index contributed by atoms with van der Waals surface area (Å²) < 4.78 is 0. The number of nitro benzene ring substituents is 1. The Balaban J connectivity index is 2.56. The Labute approximate surface area is 91.8 Å². The Bertz CT molecular complexity index is 388. The van der Waals surface area contributed by atoms with Gasteiger partial charge in [0.05, 0.1) is 4.92 Å². The lowest BCUT2D eigenvalue weighted by atomic mass is 10.1. The molecule has 3 N–H and O–H groups in total. The minimum absolute atomic E-state index is 0.0197. The second-order valence-corrected chi connectivity index (χ2v) is 3.41. The molecule has 1 rings (SSSR count). The van der Waals surface area contributed by atoms with E-state index in [1.807, 2.05) is 0 Å². The molecule has 0 saturated carbocycles. The average Bonchev–Trinajstić information content (AvgIpc) is 2.26. The number of hydrogen-bond donors (Lipinski definition) is 2. The summed E-state index contributed by atoms with van der Waals surface area (Å²) in [5.74, 6) is -1.04. The molecule has 0 fully saturated rings. The predicted octanol–water partition coefficient (Wildman–Crippen LogP) is 0.939. The molecule has 0 saturated heterocycles. The minimum atomic E-state index is -1.04. The van der Waals surface area contributed by atoms with Crippen LogP contribution < -0.4 is 5.73 Å². The molecule has 16 heavy (non-hydrogen) atoms. The first-order chi connectivity index (χ1) is 7.50. The van der Waals surface area contributed by atoms with Crippen LogP contribution >= 0.6 is 0 Å². The number of nitrogens with two attached hydrogens (primary N) is 1. The molecule has 0 unspecified atom stereocenters. The van der Waals surface area contributed by atoms with E-state index in [4.69, 9.17) is 10.8 Å². The quantitative estimate of drug-likeness (QED) is 0.571. The minimum Gasteiger partial charge on any atom is -0.480 e. The number of nitro groups is 1. The van der Waals surface area contributed by atoms with Crippen LogP contribution in [0, 0.1) is 10.1 Å². The summed E-state index contributed by atoms with van der Waals surface area (Å²) >= 11 is 0. The number of carboxylic acid groups (broad SMARTS) is 1. The fourth-order valence-corrected chi connectivity index (χ4v) is 1.23. The van der Waals surface area contributed by atoms with Gasteiger partial charge in [-0.15, -0.1) is 0 Å². The monoisotopic (exact) mass is 224 g/mol. The number of benzene rings is 1. The molecule has 1 atom stereocenters. The number of hydrogen-bond acceptors (Lipinski definition) is 4. The zero-order valence-corrected chi connectivity index (χ0v) is 8.50. The molecule has 0 aliphatic rings. The number of carbonyl (C=O) groups is 1. The van der Waals surface area contributed by atoms with E-state index in [-0.39, 0.29) is 5.69 Å². The Kier molecular flexibility index (Phi) is 3.96. The Morgan fingerprint density at radius 1 is 1.44 bits per heavy atom. The summed E-state index contributed by atoms with van der Waals surface area (Å²) in [4.78, 5) is 20.3. The summed E-state index contributed by atoms with van der Waals surface area (Å²) in [5, 5.41) is 18.9. The normalized spacial score (nSPS) is 12.1. The largest absolute Gasteiger partial charge is 0.480 e. The van der Waals surface area contributed by atoms with Gasteiger partial charge in [0.1, 0.15) is 6.04 Å². The summed E-state index contributed by atoms with van der Waals surface area (Å²) in [7, 11) is 0. The molecule has 86 valence electrons. The molecule has 0 aliphatic carbocycles. The highest BCUT2D eigenvalue weighted by molar-refractivity contribution is 5.73. The van der Waals surface area contributed by atoms with Gasteiger partial charge < -0.3 is 10.8 Å². The van der Waals surface area contributed by atoms with Crippen molar-refractivity contribution >= 4 is 11.7 Å². The maximum atomic E-state index is 10.4. The first-order valence-corrected chi connectivity index (χ1v) is 4.72. The summed E-state index contributed by atoms with van der Waals surface area (Å²) in [5.41, 5.74) is 6.19. The van der Waals surface area contributed by atoms with Crippen LogP contribution in [0.2, 0.25) is 0 Å². The Morgan fingerprint density at radius 2 is 2.00 bits per heavy atom. The third-order valence-electron chi connectivity index (χ3n) is 2.21. The van der Waals surface area contributed by atoms with Gasteiger partial charge in [0, 0.05) is 12.1 Å². The van der Waals surface area contributed by atoms with E-state index in [9.17, 15) is 14.9 Å². The highest BCUT2D eigenvalue weighted by Crippen LogP contribution is 2.13. The molecule has 0 spiro atoms. The van der Waals surface area contributed by atoms with E-state index in [0.29, 0.717) is 12.8 Å². The molecule has 1 aromatic rings. The molecular weight excluding hydrogens is 212 g/mol. The van der Waals surface area contributed by atoms with E-state index in [2.05, 4.69) is 0 Å². The van der Waals surface area contributed by atoms with Crippen molar-refractivity contribution in [2.45, 2.75) is 18.9 Å². The van der Waals surface area contributed by atoms with E-state index in [0.717, 1.165) is 5.56 Å². The highest BCUT2D eigenvalue weighted by atomic mass is 16.6. The molecule has 0 radical (unpaired) electrons. The van der Waals surface area contributed by atoms with Crippen LogP contribution in [0.15, 0.2) is 24.3 Å².